The Bertz CT molecular complexity index is 973. The Kier molecular flexibility index (Phi) is 17.0. The summed E-state index contributed by atoms with van der Waals surface area (Å²) in [6.07, 6.45) is 18.9. The van der Waals surface area contributed by atoms with E-state index >= 15 is 0 Å². The van der Waals surface area contributed by atoms with Gasteiger partial charge in [-0.25, -0.2) is 0 Å². The molecule has 2 aliphatic rings. The minimum Gasteiger partial charge on any atom is -0.0873 e. The van der Waals surface area contributed by atoms with Gasteiger partial charge in [-0.05, 0) is 59.6 Å². The molecule has 36 heavy (non-hydrogen) atoms. The van der Waals surface area contributed by atoms with E-state index in [1.165, 1.54) is 33.4 Å². The molecule has 0 heterocycles. The highest BCUT2D eigenvalue weighted by molar-refractivity contribution is 5.87. The average molecular weight is 485 g/mol. The summed E-state index contributed by atoms with van der Waals surface area (Å²) in [4.78, 5) is 0. The van der Waals surface area contributed by atoms with E-state index in [1.54, 1.807) is 0 Å². The Labute approximate surface area is 224 Å². The third-order valence-corrected chi connectivity index (χ3v) is 5.46. The van der Waals surface area contributed by atoms with E-state index in [0.717, 1.165) is 12.3 Å². The molecule has 0 fully saturated rings. The number of benzene rings is 2. The fraction of sp³-hybridized carbons (Fsp3) is 0.389. The summed E-state index contributed by atoms with van der Waals surface area (Å²) < 4.78 is 0. The average Bonchev–Trinajstić information content (AvgIpc) is 3.05. The smallest absolute Gasteiger partial charge is 0.0710 e. The highest BCUT2D eigenvalue weighted by atomic mass is 14.5. The van der Waals surface area contributed by atoms with Crippen molar-refractivity contribution in [2.45, 2.75) is 88.0 Å². The molecule has 0 aromatic heterocycles. The molecule has 0 saturated heterocycles. The maximum absolute atomic E-state index is 2.31. The SMILES string of the molecule is C/C=C\C(=C/C)C1(C2=CC=CCC=C2)c2ccccc2-c2ccccc21.CC.CC.CC.CC(C)C. The van der Waals surface area contributed by atoms with Crippen molar-refractivity contribution < 1.29 is 0 Å². The molecule has 0 aliphatic heterocycles. The highest BCUT2D eigenvalue weighted by Crippen LogP contribution is 2.57. The van der Waals surface area contributed by atoms with E-state index in [1.807, 2.05) is 41.5 Å². The van der Waals surface area contributed by atoms with Gasteiger partial charge in [0.2, 0.25) is 0 Å². The summed E-state index contributed by atoms with van der Waals surface area (Å²) in [6, 6.07) is 17.7. The number of allylic oxidation sites excluding steroid dienone is 10. The number of fused-ring (bicyclic) bond motifs is 3. The number of hydrogen-bond acceptors (Lipinski definition) is 0. The van der Waals surface area contributed by atoms with E-state index in [0.29, 0.717) is 0 Å². The van der Waals surface area contributed by atoms with Gasteiger partial charge in [0.1, 0.15) is 0 Å². The molecule has 2 aliphatic carbocycles. The van der Waals surface area contributed by atoms with Crippen LogP contribution in [0.4, 0.5) is 0 Å². The van der Waals surface area contributed by atoms with Crippen molar-refractivity contribution in [1.29, 1.82) is 0 Å². The molecule has 0 atom stereocenters. The zero-order chi connectivity index (χ0) is 27.6. The van der Waals surface area contributed by atoms with Gasteiger partial charge in [-0.3, -0.25) is 0 Å². The first kappa shape index (κ1) is 33.1. The van der Waals surface area contributed by atoms with Gasteiger partial charge in [0.25, 0.3) is 0 Å². The molecule has 0 N–H and O–H groups in total. The minimum atomic E-state index is -0.264. The predicted octanol–water partition coefficient (Wildman–Crippen LogP) is 11.7. The van der Waals surface area contributed by atoms with Crippen LogP contribution in [-0.2, 0) is 5.41 Å². The highest BCUT2D eigenvalue weighted by Gasteiger charge is 2.46. The first-order valence-electron chi connectivity index (χ1n) is 14.1. The zero-order valence-corrected chi connectivity index (χ0v) is 25.0. The van der Waals surface area contributed by atoms with Crippen molar-refractivity contribution in [3.63, 3.8) is 0 Å². The Balaban J connectivity index is 0.00000108. The van der Waals surface area contributed by atoms with Crippen LogP contribution >= 0.6 is 0 Å². The topological polar surface area (TPSA) is 0 Å². The lowest BCUT2D eigenvalue weighted by Crippen LogP contribution is -2.29. The van der Waals surface area contributed by atoms with Gasteiger partial charge >= 0.3 is 0 Å². The maximum atomic E-state index is 2.31. The molecular weight excluding hydrogens is 432 g/mol. The van der Waals surface area contributed by atoms with Crippen LogP contribution in [0.15, 0.2) is 108 Å². The lowest BCUT2D eigenvalue weighted by atomic mass is 9.66. The molecule has 0 bridgehead atoms. The first-order chi connectivity index (χ1) is 17.6. The van der Waals surface area contributed by atoms with E-state index in [-0.39, 0.29) is 5.41 Å². The van der Waals surface area contributed by atoms with Crippen molar-refractivity contribution in [2.75, 3.05) is 0 Å². The van der Waals surface area contributed by atoms with Gasteiger partial charge in [0, 0.05) is 0 Å². The fourth-order valence-electron chi connectivity index (χ4n) is 4.47. The molecule has 2 aromatic carbocycles. The fourth-order valence-corrected chi connectivity index (χ4v) is 4.47. The molecule has 0 heteroatoms. The molecule has 0 nitrogen and oxygen atoms in total. The van der Waals surface area contributed by atoms with Crippen molar-refractivity contribution >= 4 is 0 Å². The van der Waals surface area contributed by atoms with Crippen LogP contribution in [0.3, 0.4) is 0 Å². The monoisotopic (exact) mass is 484 g/mol. The van der Waals surface area contributed by atoms with Crippen LogP contribution in [0.2, 0.25) is 0 Å². The summed E-state index contributed by atoms with van der Waals surface area (Å²) in [7, 11) is 0. The number of hydrogen-bond donors (Lipinski definition) is 0. The van der Waals surface area contributed by atoms with Gasteiger partial charge < -0.3 is 0 Å². The molecule has 2 aromatic rings. The maximum Gasteiger partial charge on any atom is 0.0710 e. The Morgan fingerprint density at radius 2 is 1.22 bits per heavy atom. The van der Waals surface area contributed by atoms with Gasteiger partial charge in [-0.2, -0.15) is 0 Å². The van der Waals surface area contributed by atoms with E-state index in [4.69, 9.17) is 0 Å². The summed E-state index contributed by atoms with van der Waals surface area (Å²) in [6.45, 7) is 22.7. The first-order valence-corrected chi connectivity index (χ1v) is 14.1. The van der Waals surface area contributed by atoms with Crippen LogP contribution in [-0.4, -0.2) is 0 Å². The van der Waals surface area contributed by atoms with Crippen molar-refractivity contribution in [3.8, 4) is 11.1 Å². The molecule has 4 rings (SSSR count). The molecule has 0 amide bonds. The van der Waals surface area contributed by atoms with Gasteiger partial charge in [0.05, 0.1) is 5.41 Å². The lowest BCUT2D eigenvalue weighted by Gasteiger charge is -2.35. The van der Waals surface area contributed by atoms with Crippen LogP contribution in [0.1, 0.15) is 93.7 Å². The predicted molar refractivity (Wildman–Crippen MR) is 167 cm³/mol. The lowest BCUT2D eigenvalue weighted by molar-refractivity contribution is 0.737. The molecule has 0 unspecified atom stereocenters. The van der Waals surface area contributed by atoms with Crippen molar-refractivity contribution in [3.05, 3.63) is 119 Å². The van der Waals surface area contributed by atoms with Crippen molar-refractivity contribution in [1.82, 2.24) is 0 Å². The van der Waals surface area contributed by atoms with E-state index < -0.39 is 0 Å². The zero-order valence-electron chi connectivity index (χ0n) is 25.0. The van der Waals surface area contributed by atoms with E-state index in [9.17, 15) is 0 Å². The summed E-state index contributed by atoms with van der Waals surface area (Å²) >= 11 is 0. The quantitative estimate of drug-likeness (QED) is 0.380. The van der Waals surface area contributed by atoms with Gasteiger partial charge in [-0.1, -0.05) is 159 Å². The Hall–Kier alpha value is -2.86. The summed E-state index contributed by atoms with van der Waals surface area (Å²) in [5, 5.41) is 0. The summed E-state index contributed by atoms with van der Waals surface area (Å²) in [5.74, 6) is 0.833. The van der Waals surface area contributed by atoms with Gasteiger partial charge in [-0.15, -0.1) is 0 Å². The van der Waals surface area contributed by atoms with Gasteiger partial charge in [0.15, 0.2) is 0 Å². The third kappa shape index (κ3) is 7.57. The molecule has 0 radical (unpaired) electrons. The largest absolute Gasteiger partial charge is 0.0873 e. The summed E-state index contributed by atoms with van der Waals surface area (Å²) in [5.41, 5.74) is 7.82. The molecule has 0 spiro atoms. The third-order valence-electron chi connectivity index (χ3n) is 5.46. The second kappa shape index (κ2) is 18.4. The van der Waals surface area contributed by atoms with Crippen LogP contribution in [0.5, 0.6) is 0 Å². The second-order valence-electron chi connectivity index (χ2n) is 8.51. The normalized spacial score (nSPS) is 14.3. The molecule has 0 saturated carbocycles. The van der Waals surface area contributed by atoms with Crippen LogP contribution < -0.4 is 0 Å². The minimum absolute atomic E-state index is 0.264. The Morgan fingerprint density at radius 1 is 0.750 bits per heavy atom. The molecular formula is C36H52. The number of rotatable bonds is 3. The Morgan fingerprint density at radius 3 is 1.67 bits per heavy atom. The van der Waals surface area contributed by atoms with Crippen LogP contribution in [0, 0.1) is 5.92 Å². The molecule has 196 valence electrons. The van der Waals surface area contributed by atoms with Crippen molar-refractivity contribution in [2.24, 2.45) is 5.92 Å². The second-order valence-corrected chi connectivity index (χ2v) is 8.51. The van der Waals surface area contributed by atoms with E-state index in [2.05, 4.69) is 132 Å². The van der Waals surface area contributed by atoms with Crippen LogP contribution in [0.25, 0.3) is 11.1 Å². The standard InChI is InChI=1S/C26H24.C4H10.3C2H6/c1-3-13-20(4-2)26(21-14-7-5-6-8-15-21)24-18-11-9-16-22(24)23-17-10-12-19-25(23)26;1-4(2)3;3*1-2/h3-5,7-19H,6H2,1-2H3;4H,1-3H3;3*1-2H3/b13-3-,20-4+;;;;.